The fourth-order valence-corrected chi connectivity index (χ4v) is 2.30. The summed E-state index contributed by atoms with van der Waals surface area (Å²) in [7, 11) is 0. The number of anilines is 2. The third-order valence-corrected chi connectivity index (χ3v) is 3.31. The molecule has 0 unspecified atom stereocenters. The molecular formula is C14H11ClN4O. The van der Waals surface area contributed by atoms with E-state index in [-0.39, 0.29) is 11.4 Å². The second-order valence-corrected chi connectivity index (χ2v) is 4.76. The number of hydrogen-bond acceptors (Lipinski definition) is 4. The van der Waals surface area contributed by atoms with Crippen molar-refractivity contribution in [3.05, 3.63) is 58.0 Å². The monoisotopic (exact) mass is 286 g/mol. The van der Waals surface area contributed by atoms with Gasteiger partial charge in [-0.2, -0.15) is 0 Å². The van der Waals surface area contributed by atoms with Crippen molar-refractivity contribution in [2.24, 2.45) is 0 Å². The molecule has 2 aromatic heterocycles. The van der Waals surface area contributed by atoms with Gasteiger partial charge in [-0.3, -0.25) is 9.36 Å². The normalized spacial score (nSPS) is 10.8. The Morgan fingerprint density at radius 3 is 2.65 bits per heavy atom. The summed E-state index contributed by atoms with van der Waals surface area (Å²) in [6.45, 7) is 0. The van der Waals surface area contributed by atoms with E-state index in [2.05, 4.69) is 4.98 Å². The number of nitrogen functional groups attached to an aromatic ring is 2. The number of benzene rings is 1. The van der Waals surface area contributed by atoms with Gasteiger partial charge in [0.15, 0.2) is 0 Å². The van der Waals surface area contributed by atoms with Gasteiger partial charge in [0.1, 0.15) is 11.3 Å². The maximum atomic E-state index is 12.4. The molecule has 0 aliphatic rings. The summed E-state index contributed by atoms with van der Waals surface area (Å²) in [6, 6.07) is 10.4. The van der Waals surface area contributed by atoms with Gasteiger partial charge in [0, 0.05) is 16.6 Å². The van der Waals surface area contributed by atoms with Crippen molar-refractivity contribution >= 4 is 34.0 Å². The molecule has 0 aliphatic heterocycles. The molecule has 0 spiro atoms. The third-order valence-electron chi connectivity index (χ3n) is 3.08. The van der Waals surface area contributed by atoms with E-state index in [1.807, 2.05) is 0 Å². The van der Waals surface area contributed by atoms with Gasteiger partial charge in [0.2, 0.25) is 0 Å². The molecule has 3 aromatic rings. The van der Waals surface area contributed by atoms with Crippen LogP contribution >= 0.6 is 11.6 Å². The Morgan fingerprint density at radius 1 is 1.10 bits per heavy atom. The number of halogens is 1. The van der Waals surface area contributed by atoms with Gasteiger partial charge >= 0.3 is 0 Å². The van der Waals surface area contributed by atoms with Crippen molar-refractivity contribution in [2.45, 2.75) is 0 Å². The second kappa shape index (κ2) is 4.54. The van der Waals surface area contributed by atoms with Gasteiger partial charge in [0.25, 0.3) is 5.56 Å². The molecule has 100 valence electrons. The Balaban J connectivity index is 2.50. The van der Waals surface area contributed by atoms with Crippen LogP contribution in [0, 0.1) is 0 Å². The predicted octanol–water partition coefficient (Wildman–Crippen LogP) is 2.20. The molecule has 3 rings (SSSR count). The van der Waals surface area contributed by atoms with Crippen LogP contribution in [-0.2, 0) is 0 Å². The van der Waals surface area contributed by atoms with Gasteiger partial charge in [-0.25, -0.2) is 4.98 Å². The van der Waals surface area contributed by atoms with E-state index in [1.54, 1.807) is 42.6 Å². The number of hydrogen-bond donors (Lipinski definition) is 2. The van der Waals surface area contributed by atoms with Gasteiger partial charge in [0.05, 0.1) is 11.4 Å². The van der Waals surface area contributed by atoms with Crippen LogP contribution in [0.25, 0.3) is 16.7 Å². The van der Waals surface area contributed by atoms with Crippen LogP contribution < -0.4 is 17.0 Å². The molecule has 20 heavy (non-hydrogen) atoms. The lowest BCUT2D eigenvalue weighted by atomic mass is 10.2. The minimum atomic E-state index is -0.407. The number of fused-ring (bicyclic) bond motifs is 1. The Kier molecular flexibility index (Phi) is 2.84. The van der Waals surface area contributed by atoms with Crippen LogP contribution in [-0.4, -0.2) is 9.55 Å². The number of nitrogens with zero attached hydrogens (tertiary/aromatic N) is 2. The first-order valence-corrected chi connectivity index (χ1v) is 6.28. The number of aromatic nitrogens is 2. The van der Waals surface area contributed by atoms with E-state index in [0.29, 0.717) is 21.7 Å². The van der Waals surface area contributed by atoms with Gasteiger partial charge < -0.3 is 11.5 Å². The lowest BCUT2D eigenvalue weighted by molar-refractivity contribution is 1.02. The van der Waals surface area contributed by atoms with Crippen LogP contribution in [0.3, 0.4) is 0 Å². The summed E-state index contributed by atoms with van der Waals surface area (Å²) in [5.74, 6) is 0. The maximum Gasteiger partial charge on any atom is 0.282 e. The molecule has 0 fully saturated rings. The summed E-state index contributed by atoms with van der Waals surface area (Å²) in [4.78, 5) is 16.6. The highest BCUT2D eigenvalue weighted by Crippen LogP contribution is 2.24. The molecule has 0 atom stereocenters. The van der Waals surface area contributed by atoms with E-state index in [4.69, 9.17) is 23.1 Å². The topological polar surface area (TPSA) is 86.9 Å². The van der Waals surface area contributed by atoms with Gasteiger partial charge in [-0.05, 0) is 30.3 Å². The van der Waals surface area contributed by atoms with E-state index < -0.39 is 5.56 Å². The first kappa shape index (κ1) is 12.5. The van der Waals surface area contributed by atoms with Crippen molar-refractivity contribution in [2.75, 3.05) is 11.5 Å². The molecule has 0 bridgehead atoms. The Hall–Kier alpha value is -2.53. The first-order valence-electron chi connectivity index (χ1n) is 5.90. The van der Waals surface area contributed by atoms with Crippen LogP contribution in [0.15, 0.2) is 47.4 Å². The Morgan fingerprint density at radius 2 is 1.90 bits per heavy atom. The van der Waals surface area contributed by atoms with Crippen molar-refractivity contribution in [1.82, 2.24) is 9.55 Å². The zero-order chi connectivity index (χ0) is 14.3. The van der Waals surface area contributed by atoms with Crippen LogP contribution in [0.4, 0.5) is 11.4 Å². The molecule has 0 saturated heterocycles. The van der Waals surface area contributed by atoms with E-state index in [0.717, 1.165) is 0 Å². The van der Waals surface area contributed by atoms with E-state index in [9.17, 15) is 4.79 Å². The summed E-state index contributed by atoms with van der Waals surface area (Å²) in [5.41, 5.74) is 12.6. The molecule has 1 aromatic carbocycles. The highest BCUT2D eigenvalue weighted by Gasteiger charge is 2.14. The van der Waals surface area contributed by atoms with Crippen molar-refractivity contribution in [1.29, 1.82) is 0 Å². The molecule has 2 heterocycles. The minimum absolute atomic E-state index is 0.00507. The van der Waals surface area contributed by atoms with E-state index in [1.165, 1.54) is 4.57 Å². The van der Waals surface area contributed by atoms with E-state index >= 15 is 0 Å². The van der Waals surface area contributed by atoms with Crippen molar-refractivity contribution < 1.29 is 0 Å². The summed E-state index contributed by atoms with van der Waals surface area (Å²) in [6.07, 6.45) is 1.60. The first-order chi connectivity index (χ1) is 9.59. The summed E-state index contributed by atoms with van der Waals surface area (Å²) in [5, 5.41) is 1.15. The molecule has 0 saturated carbocycles. The van der Waals surface area contributed by atoms with Gasteiger partial charge in [-0.15, -0.1) is 0 Å². The van der Waals surface area contributed by atoms with Gasteiger partial charge in [-0.1, -0.05) is 17.7 Å². The average molecular weight is 287 g/mol. The lowest BCUT2D eigenvalue weighted by Gasteiger charge is -2.13. The number of rotatable bonds is 1. The quantitative estimate of drug-likeness (QED) is 0.718. The maximum absolute atomic E-state index is 12.4. The molecule has 6 heteroatoms. The minimum Gasteiger partial charge on any atom is -0.396 e. The average Bonchev–Trinajstić information content (AvgIpc) is 2.45. The molecule has 0 aliphatic carbocycles. The third kappa shape index (κ3) is 1.80. The standard InChI is InChI=1S/C14H11ClN4O/c15-8-3-1-4-9(7-8)19-13-10(5-2-6-18-13)11(16)12(17)14(19)20/h1-7H,16-17H2. The molecular weight excluding hydrogens is 276 g/mol. The number of pyridine rings is 2. The largest absolute Gasteiger partial charge is 0.396 e. The Bertz CT molecular complexity index is 873. The Labute approximate surface area is 119 Å². The summed E-state index contributed by atoms with van der Waals surface area (Å²) >= 11 is 5.98. The fraction of sp³-hybridized carbons (Fsp3) is 0. The molecule has 4 N–H and O–H groups in total. The van der Waals surface area contributed by atoms with Crippen LogP contribution in [0.1, 0.15) is 0 Å². The fourth-order valence-electron chi connectivity index (χ4n) is 2.12. The highest BCUT2D eigenvalue weighted by atomic mass is 35.5. The molecule has 5 nitrogen and oxygen atoms in total. The lowest BCUT2D eigenvalue weighted by Crippen LogP contribution is -2.24. The summed E-state index contributed by atoms with van der Waals surface area (Å²) < 4.78 is 1.41. The second-order valence-electron chi connectivity index (χ2n) is 4.32. The SMILES string of the molecule is Nc1c(N)c2cccnc2n(-c2cccc(Cl)c2)c1=O. The van der Waals surface area contributed by atoms with Crippen LogP contribution in [0.2, 0.25) is 5.02 Å². The molecule has 0 amide bonds. The van der Waals surface area contributed by atoms with Crippen molar-refractivity contribution in [3.63, 3.8) is 0 Å². The zero-order valence-corrected chi connectivity index (χ0v) is 11.1. The predicted molar refractivity (Wildman–Crippen MR) is 81.2 cm³/mol. The molecule has 0 radical (unpaired) electrons. The highest BCUT2D eigenvalue weighted by molar-refractivity contribution is 6.30. The zero-order valence-electron chi connectivity index (χ0n) is 10.4. The van der Waals surface area contributed by atoms with Crippen LogP contribution in [0.5, 0.6) is 0 Å². The van der Waals surface area contributed by atoms with Crippen molar-refractivity contribution in [3.8, 4) is 5.69 Å². The number of nitrogens with two attached hydrogens (primary N) is 2. The smallest absolute Gasteiger partial charge is 0.282 e.